The predicted octanol–water partition coefficient (Wildman–Crippen LogP) is 2.92. The molecule has 0 heterocycles. The third kappa shape index (κ3) is 10.2. The smallest absolute Gasteiger partial charge is 0.397 e. The largest absolute Gasteiger partial charge is 0.504 e. The molecule has 3 aromatic carbocycles. The third-order valence-corrected chi connectivity index (χ3v) is 8.76. The maximum atomic E-state index is 12.8. The number of azo groups is 1. The normalized spacial score (nSPS) is 12.8. The summed E-state index contributed by atoms with van der Waals surface area (Å²) in [6.45, 7) is -1.07. The second-order valence-electron chi connectivity index (χ2n) is 8.18. The first-order valence-electron chi connectivity index (χ1n) is 11.5. The molecule has 45 heavy (non-hydrogen) atoms. The van der Waals surface area contributed by atoms with Crippen LogP contribution in [0.5, 0.6) is 5.75 Å². The quantitative estimate of drug-likeness (QED) is 0.0205. The van der Waals surface area contributed by atoms with E-state index in [1.165, 1.54) is 24.3 Å². The van der Waals surface area contributed by atoms with Crippen molar-refractivity contribution in [2.75, 3.05) is 17.8 Å². The van der Waals surface area contributed by atoms with E-state index in [-0.39, 0.29) is 27.5 Å². The Morgan fingerprint density at radius 3 is 2.24 bits per heavy atom. The van der Waals surface area contributed by atoms with Gasteiger partial charge in [0.15, 0.2) is 15.6 Å². The lowest BCUT2D eigenvalue weighted by Gasteiger charge is -2.12. The van der Waals surface area contributed by atoms with Gasteiger partial charge in [-0.2, -0.15) is 21.9 Å². The zero-order valence-electron chi connectivity index (χ0n) is 22.0. The van der Waals surface area contributed by atoms with Gasteiger partial charge in [-0.3, -0.25) is 14.5 Å². The fraction of sp³-hybridized carbons (Fsp3) is 0.0909. The summed E-state index contributed by atoms with van der Waals surface area (Å²) < 4.78 is 97.3. The van der Waals surface area contributed by atoms with Gasteiger partial charge in [0.05, 0.1) is 34.9 Å². The SMILES string of the molecule is O=C(O)c1cc(SOOO)ccc1N=NC(=NNc1cc(S(=O)(=O)CCOS(=O)(=O)O)cc(S(=O)(=O)O)c1O)c1ccccc1. The summed E-state index contributed by atoms with van der Waals surface area (Å²) in [7, 11) is -14.8. The highest BCUT2D eigenvalue weighted by molar-refractivity contribution is 7.94. The molecule has 0 unspecified atom stereocenters. The molecule has 0 aliphatic heterocycles. The van der Waals surface area contributed by atoms with Crippen LogP contribution in [-0.4, -0.2) is 74.0 Å². The summed E-state index contributed by atoms with van der Waals surface area (Å²) in [6, 6.07) is 12.5. The molecule has 0 atom stereocenters. The van der Waals surface area contributed by atoms with E-state index in [1.54, 1.807) is 18.2 Å². The number of aromatic hydroxyl groups is 1. The standard InChI is InChI=1S/C22H20N4O15S4/c27-20-18(11-15(12-19(20)44(33,34)35)43(31,32)9-8-39-45(36,37)38)24-26-21(13-4-2-1-3-5-13)25-23-17-7-6-14(42-41-40-30)10-16(17)22(28)29/h1-7,10-12,24,27,30H,8-9H2,(H,28,29)(H,33,34,35)(H,36,37,38). The number of phenolic OH excluding ortho intramolecular Hbond substituents is 1. The van der Waals surface area contributed by atoms with Crippen molar-refractivity contribution in [3.63, 3.8) is 0 Å². The molecule has 0 fully saturated rings. The third-order valence-electron chi connectivity index (χ3n) is 5.20. The Labute approximate surface area is 258 Å². The van der Waals surface area contributed by atoms with Crippen molar-refractivity contribution in [1.29, 1.82) is 0 Å². The van der Waals surface area contributed by atoms with Gasteiger partial charge in [-0.15, -0.1) is 14.6 Å². The number of nitrogens with one attached hydrogen (secondary N) is 1. The van der Waals surface area contributed by atoms with E-state index in [1.807, 2.05) is 0 Å². The number of benzene rings is 3. The number of carboxylic acid groups (broad SMARTS) is 1. The number of carboxylic acids is 1. The second-order valence-corrected chi connectivity index (χ2v) is 13.5. The topological polar surface area (TPSA) is 297 Å². The minimum Gasteiger partial charge on any atom is -0.504 e. The van der Waals surface area contributed by atoms with Crippen LogP contribution >= 0.6 is 12.0 Å². The van der Waals surface area contributed by atoms with Crippen molar-refractivity contribution in [3.05, 3.63) is 71.8 Å². The Morgan fingerprint density at radius 2 is 1.64 bits per heavy atom. The number of anilines is 1. The Morgan fingerprint density at radius 1 is 0.956 bits per heavy atom. The molecule has 0 saturated carbocycles. The highest BCUT2D eigenvalue weighted by Gasteiger charge is 2.26. The zero-order valence-corrected chi connectivity index (χ0v) is 25.2. The van der Waals surface area contributed by atoms with Crippen LogP contribution in [0.1, 0.15) is 15.9 Å². The molecule has 0 bridgehead atoms. The van der Waals surface area contributed by atoms with E-state index in [4.69, 9.17) is 9.81 Å². The summed E-state index contributed by atoms with van der Waals surface area (Å²) >= 11 is 0.486. The van der Waals surface area contributed by atoms with E-state index in [0.29, 0.717) is 24.2 Å². The van der Waals surface area contributed by atoms with E-state index < -0.39 is 69.9 Å². The molecule has 3 aromatic rings. The molecular weight excluding hydrogens is 689 g/mol. The van der Waals surface area contributed by atoms with Crippen molar-refractivity contribution in [1.82, 2.24) is 0 Å². The molecule has 0 aromatic heterocycles. The molecular formula is C22H20N4O15S4. The summed E-state index contributed by atoms with van der Waals surface area (Å²) in [5, 5.41) is 43.6. The number of amidine groups is 1. The van der Waals surface area contributed by atoms with Crippen LogP contribution in [0.25, 0.3) is 0 Å². The van der Waals surface area contributed by atoms with Crippen molar-refractivity contribution < 1.29 is 68.2 Å². The number of carbonyl (C=O) groups is 1. The second kappa shape index (κ2) is 14.8. The molecule has 0 aliphatic rings. The highest BCUT2D eigenvalue weighted by atomic mass is 32.3. The first-order valence-corrected chi connectivity index (χ1v) is 16.7. The number of hydrogen-bond acceptors (Lipinski definition) is 16. The summed E-state index contributed by atoms with van der Waals surface area (Å²) in [4.78, 5) is 9.87. The summed E-state index contributed by atoms with van der Waals surface area (Å²) in [5.74, 6) is -3.98. The lowest BCUT2D eigenvalue weighted by atomic mass is 10.2. The fourth-order valence-corrected chi connectivity index (χ4v) is 5.87. The average Bonchev–Trinajstić information content (AvgIpc) is 2.95. The van der Waals surface area contributed by atoms with E-state index in [2.05, 4.69) is 34.3 Å². The number of aromatic carboxylic acids is 1. The van der Waals surface area contributed by atoms with E-state index in [0.717, 1.165) is 6.07 Å². The van der Waals surface area contributed by atoms with Gasteiger partial charge in [0, 0.05) is 10.5 Å². The Kier molecular flexibility index (Phi) is 11.7. The first-order chi connectivity index (χ1) is 21.0. The van der Waals surface area contributed by atoms with Gasteiger partial charge in [-0.05, 0) is 30.3 Å². The Bertz CT molecular complexity index is 1950. The lowest BCUT2D eigenvalue weighted by Crippen LogP contribution is -2.16. The lowest BCUT2D eigenvalue weighted by molar-refractivity contribution is -0.432. The number of rotatable bonds is 14. The maximum absolute atomic E-state index is 12.8. The number of sulfone groups is 1. The molecule has 0 amide bonds. The first kappa shape index (κ1) is 35.4. The van der Waals surface area contributed by atoms with E-state index in [9.17, 15) is 44.8 Å². The molecule has 242 valence electrons. The van der Waals surface area contributed by atoms with Gasteiger partial charge in [0.25, 0.3) is 10.1 Å². The van der Waals surface area contributed by atoms with Gasteiger partial charge in [0.2, 0.25) is 5.84 Å². The molecule has 19 nitrogen and oxygen atoms in total. The van der Waals surface area contributed by atoms with Crippen LogP contribution in [0.4, 0.5) is 11.4 Å². The minimum atomic E-state index is -5.24. The van der Waals surface area contributed by atoms with Gasteiger partial charge >= 0.3 is 16.4 Å². The fourth-order valence-electron chi connectivity index (χ4n) is 3.24. The van der Waals surface area contributed by atoms with Crippen molar-refractivity contribution in [2.24, 2.45) is 15.3 Å². The van der Waals surface area contributed by atoms with Crippen LogP contribution in [-0.2, 0) is 43.9 Å². The van der Waals surface area contributed by atoms with Crippen LogP contribution in [0.15, 0.2) is 90.7 Å². The number of hydrogen-bond donors (Lipinski definition) is 6. The van der Waals surface area contributed by atoms with E-state index >= 15 is 0 Å². The Balaban J connectivity index is 2.08. The number of phenols is 1. The molecule has 0 saturated heterocycles. The van der Waals surface area contributed by atoms with Crippen molar-refractivity contribution >= 4 is 65.6 Å². The van der Waals surface area contributed by atoms with Crippen molar-refractivity contribution in [2.45, 2.75) is 14.7 Å². The maximum Gasteiger partial charge on any atom is 0.397 e. The predicted molar refractivity (Wildman–Crippen MR) is 153 cm³/mol. The minimum absolute atomic E-state index is 0.183. The molecule has 3 rings (SSSR count). The summed E-state index contributed by atoms with van der Waals surface area (Å²) in [5.41, 5.74) is 1.23. The van der Waals surface area contributed by atoms with Gasteiger partial charge in [-0.25, -0.2) is 22.7 Å². The molecule has 0 aliphatic carbocycles. The molecule has 6 N–H and O–H groups in total. The van der Waals surface area contributed by atoms with Crippen LogP contribution in [0.3, 0.4) is 0 Å². The molecule has 0 radical (unpaired) electrons. The van der Waals surface area contributed by atoms with Gasteiger partial charge < -0.3 is 10.2 Å². The summed E-state index contributed by atoms with van der Waals surface area (Å²) in [6.07, 6.45) is 0. The zero-order chi connectivity index (χ0) is 33.4. The van der Waals surface area contributed by atoms with Crippen molar-refractivity contribution in [3.8, 4) is 5.75 Å². The average molecular weight is 709 g/mol. The van der Waals surface area contributed by atoms with Crippen LogP contribution in [0.2, 0.25) is 0 Å². The number of hydrazone groups is 1. The van der Waals surface area contributed by atoms with Gasteiger partial charge in [0.1, 0.15) is 16.3 Å². The van der Waals surface area contributed by atoms with Gasteiger partial charge in [-0.1, -0.05) is 35.4 Å². The Hall–Kier alpha value is -4.04. The molecule has 23 heteroatoms. The highest BCUT2D eigenvalue weighted by Crippen LogP contribution is 2.35. The number of nitrogens with zero attached hydrogens (tertiary/aromatic N) is 3. The monoisotopic (exact) mass is 708 g/mol. The van der Waals surface area contributed by atoms with Crippen LogP contribution in [0, 0.1) is 0 Å². The van der Waals surface area contributed by atoms with Crippen LogP contribution < -0.4 is 5.43 Å². The molecule has 0 spiro atoms.